The van der Waals surface area contributed by atoms with Gasteiger partial charge in [-0.1, -0.05) is 6.07 Å². The van der Waals surface area contributed by atoms with E-state index in [9.17, 15) is 4.39 Å². The lowest BCUT2D eigenvalue weighted by Gasteiger charge is -2.32. The molecule has 0 aliphatic carbocycles. The van der Waals surface area contributed by atoms with Crippen LogP contribution < -0.4 is 4.90 Å². The first kappa shape index (κ1) is 16.3. The number of hydrogen-bond acceptors (Lipinski definition) is 6. The Hall–Kier alpha value is -2.87. The number of aromatic nitrogens is 5. The molecule has 0 amide bonds. The van der Waals surface area contributed by atoms with Crippen LogP contribution in [0.25, 0.3) is 16.9 Å². The van der Waals surface area contributed by atoms with Crippen LogP contribution in [0.5, 0.6) is 0 Å². The second-order valence-electron chi connectivity index (χ2n) is 6.65. The molecular weight excluding hydrogens is 363 g/mol. The van der Waals surface area contributed by atoms with Crippen molar-refractivity contribution in [1.82, 2.24) is 24.6 Å². The van der Waals surface area contributed by atoms with Gasteiger partial charge in [-0.25, -0.2) is 14.4 Å². The SMILES string of the molecule is Fc1cnc(N2CCCC(c3nnc4ccccn34)C2)nc1-c1ccsc1. The van der Waals surface area contributed by atoms with Crippen LogP contribution >= 0.6 is 11.3 Å². The first-order chi connectivity index (χ1) is 13.3. The van der Waals surface area contributed by atoms with Crippen molar-refractivity contribution in [1.29, 1.82) is 0 Å². The number of fused-ring (bicyclic) bond motifs is 1. The molecule has 4 aromatic rings. The predicted octanol–water partition coefficient (Wildman–Crippen LogP) is 3.77. The van der Waals surface area contributed by atoms with E-state index < -0.39 is 5.82 Å². The number of thiophene rings is 1. The lowest BCUT2D eigenvalue weighted by atomic mass is 9.97. The van der Waals surface area contributed by atoms with E-state index in [0.717, 1.165) is 43.0 Å². The van der Waals surface area contributed by atoms with Crippen molar-refractivity contribution in [3.8, 4) is 11.3 Å². The molecule has 4 aromatic heterocycles. The van der Waals surface area contributed by atoms with E-state index >= 15 is 0 Å². The lowest BCUT2D eigenvalue weighted by Crippen LogP contribution is -2.36. The number of hydrogen-bond donors (Lipinski definition) is 0. The highest BCUT2D eigenvalue weighted by atomic mass is 32.1. The van der Waals surface area contributed by atoms with E-state index in [4.69, 9.17) is 0 Å². The maximum atomic E-state index is 14.2. The minimum Gasteiger partial charge on any atom is -0.340 e. The summed E-state index contributed by atoms with van der Waals surface area (Å²) in [6, 6.07) is 7.77. The number of nitrogens with zero attached hydrogens (tertiary/aromatic N) is 6. The zero-order valence-corrected chi connectivity index (χ0v) is 15.3. The summed E-state index contributed by atoms with van der Waals surface area (Å²) in [5.74, 6) is 1.36. The highest BCUT2D eigenvalue weighted by Gasteiger charge is 2.27. The van der Waals surface area contributed by atoms with Gasteiger partial charge in [0.1, 0.15) is 11.5 Å². The third kappa shape index (κ3) is 2.95. The molecule has 0 radical (unpaired) electrons. The molecule has 6 nitrogen and oxygen atoms in total. The first-order valence-electron chi connectivity index (χ1n) is 8.89. The molecule has 0 saturated carbocycles. The van der Waals surface area contributed by atoms with Crippen molar-refractivity contribution in [3.05, 3.63) is 59.1 Å². The van der Waals surface area contributed by atoms with E-state index in [1.807, 2.05) is 45.6 Å². The summed E-state index contributed by atoms with van der Waals surface area (Å²) in [7, 11) is 0. The van der Waals surface area contributed by atoms with Crippen molar-refractivity contribution in [2.24, 2.45) is 0 Å². The topological polar surface area (TPSA) is 59.2 Å². The highest BCUT2D eigenvalue weighted by molar-refractivity contribution is 7.08. The molecule has 0 spiro atoms. The minimum absolute atomic E-state index is 0.231. The van der Waals surface area contributed by atoms with Crippen LogP contribution in [0.4, 0.5) is 10.3 Å². The van der Waals surface area contributed by atoms with Crippen LogP contribution in [0.15, 0.2) is 47.4 Å². The molecule has 8 heteroatoms. The smallest absolute Gasteiger partial charge is 0.226 e. The number of rotatable bonds is 3. The first-order valence-corrected chi connectivity index (χ1v) is 9.83. The molecule has 1 unspecified atom stereocenters. The summed E-state index contributed by atoms with van der Waals surface area (Å²) in [6.07, 6.45) is 5.30. The van der Waals surface area contributed by atoms with Gasteiger partial charge in [-0.3, -0.25) is 4.40 Å². The summed E-state index contributed by atoms with van der Waals surface area (Å²) in [4.78, 5) is 10.9. The van der Waals surface area contributed by atoms with Gasteiger partial charge in [0.25, 0.3) is 0 Å². The van der Waals surface area contributed by atoms with Crippen molar-refractivity contribution >= 4 is 22.9 Å². The molecule has 0 N–H and O–H groups in total. The van der Waals surface area contributed by atoms with Gasteiger partial charge in [0.15, 0.2) is 11.5 Å². The summed E-state index contributed by atoms with van der Waals surface area (Å²) in [5, 5.41) is 12.5. The molecule has 136 valence electrons. The van der Waals surface area contributed by atoms with Gasteiger partial charge in [-0.05, 0) is 36.4 Å². The fraction of sp³-hybridized carbons (Fsp3) is 0.263. The Balaban J connectivity index is 1.45. The van der Waals surface area contributed by atoms with E-state index in [2.05, 4.69) is 25.1 Å². The van der Waals surface area contributed by atoms with Crippen molar-refractivity contribution in [2.75, 3.05) is 18.0 Å². The molecule has 5 rings (SSSR count). The van der Waals surface area contributed by atoms with Gasteiger partial charge in [-0.15, -0.1) is 10.2 Å². The molecule has 27 heavy (non-hydrogen) atoms. The monoisotopic (exact) mass is 380 g/mol. The summed E-state index contributed by atoms with van der Waals surface area (Å²) >= 11 is 1.53. The van der Waals surface area contributed by atoms with E-state index in [-0.39, 0.29) is 5.92 Å². The maximum absolute atomic E-state index is 14.2. The fourth-order valence-corrected chi connectivity index (χ4v) is 4.26. The van der Waals surface area contributed by atoms with Gasteiger partial charge in [0, 0.05) is 36.1 Å². The van der Waals surface area contributed by atoms with Crippen molar-refractivity contribution < 1.29 is 4.39 Å². The van der Waals surface area contributed by atoms with E-state index in [1.165, 1.54) is 17.5 Å². The van der Waals surface area contributed by atoms with Gasteiger partial charge in [-0.2, -0.15) is 11.3 Å². The third-order valence-corrected chi connectivity index (χ3v) is 5.62. The summed E-state index contributed by atoms with van der Waals surface area (Å²) < 4.78 is 16.3. The normalized spacial score (nSPS) is 17.5. The quantitative estimate of drug-likeness (QED) is 0.541. The average Bonchev–Trinajstić information content (AvgIpc) is 3.38. The Bertz CT molecular complexity index is 1080. The number of pyridine rings is 1. The van der Waals surface area contributed by atoms with Gasteiger partial charge >= 0.3 is 0 Å². The molecule has 1 fully saturated rings. The Morgan fingerprint density at radius 2 is 2.15 bits per heavy atom. The molecule has 1 aliphatic heterocycles. The molecule has 0 bridgehead atoms. The maximum Gasteiger partial charge on any atom is 0.226 e. The lowest BCUT2D eigenvalue weighted by molar-refractivity contribution is 0.482. The molecule has 1 saturated heterocycles. The van der Waals surface area contributed by atoms with Crippen LogP contribution in [-0.4, -0.2) is 37.7 Å². The summed E-state index contributed by atoms with van der Waals surface area (Å²) in [6.45, 7) is 1.59. The van der Waals surface area contributed by atoms with Crippen LogP contribution in [0.1, 0.15) is 24.6 Å². The van der Waals surface area contributed by atoms with E-state index in [1.54, 1.807) is 0 Å². The molecule has 0 aromatic carbocycles. The standard InChI is InChI=1S/C19H17FN6S/c20-15-10-21-19(22-17(15)14-6-9-27-12-14)25-7-3-4-13(11-25)18-24-23-16-5-1-2-8-26(16)18/h1-2,5-6,8-10,12-13H,3-4,7,11H2. The number of halogens is 1. The highest BCUT2D eigenvalue weighted by Crippen LogP contribution is 2.30. The number of anilines is 1. The molecule has 1 atom stereocenters. The molecular formula is C19H17FN6S. The predicted molar refractivity (Wildman–Crippen MR) is 102 cm³/mol. The van der Waals surface area contributed by atoms with Gasteiger partial charge < -0.3 is 4.90 Å². The zero-order chi connectivity index (χ0) is 18.2. The van der Waals surface area contributed by atoms with Crippen molar-refractivity contribution in [2.45, 2.75) is 18.8 Å². The fourth-order valence-electron chi connectivity index (χ4n) is 3.62. The second kappa shape index (κ2) is 6.70. The largest absolute Gasteiger partial charge is 0.340 e. The van der Waals surface area contributed by atoms with Crippen LogP contribution in [0, 0.1) is 5.82 Å². The van der Waals surface area contributed by atoms with Gasteiger partial charge in [0.05, 0.1) is 6.20 Å². The average molecular weight is 380 g/mol. The van der Waals surface area contributed by atoms with Gasteiger partial charge in [0.2, 0.25) is 5.95 Å². The van der Waals surface area contributed by atoms with Crippen LogP contribution in [-0.2, 0) is 0 Å². The number of piperidine rings is 1. The second-order valence-corrected chi connectivity index (χ2v) is 7.43. The summed E-state index contributed by atoms with van der Waals surface area (Å²) in [5.41, 5.74) is 2.00. The Labute approximate surface area is 159 Å². The minimum atomic E-state index is -0.394. The zero-order valence-electron chi connectivity index (χ0n) is 14.5. The Kier molecular flexibility index (Phi) is 4.05. The van der Waals surface area contributed by atoms with Crippen LogP contribution in [0.3, 0.4) is 0 Å². The Morgan fingerprint density at radius 1 is 1.19 bits per heavy atom. The third-order valence-electron chi connectivity index (χ3n) is 4.94. The Morgan fingerprint density at radius 3 is 3.04 bits per heavy atom. The molecule has 5 heterocycles. The van der Waals surface area contributed by atoms with E-state index in [0.29, 0.717) is 11.6 Å². The van der Waals surface area contributed by atoms with Crippen molar-refractivity contribution in [3.63, 3.8) is 0 Å². The van der Waals surface area contributed by atoms with Crippen LogP contribution in [0.2, 0.25) is 0 Å². The molecule has 1 aliphatic rings.